The Labute approximate surface area is 112 Å². The lowest BCUT2D eigenvalue weighted by Crippen LogP contribution is -2.25. The maximum absolute atomic E-state index is 5.54. The highest BCUT2D eigenvalue weighted by Crippen LogP contribution is 2.19. The van der Waals surface area contributed by atoms with Crippen LogP contribution in [0.15, 0.2) is 26.1 Å². The van der Waals surface area contributed by atoms with Gasteiger partial charge in [-0.3, -0.25) is 0 Å². The normalized spacial score (nSPS) is 18.3. The summed E-state index contributed by atoms with van der Waals surface area (Å²) in [5.74, 6) is 1.47. The van der Waals surface area contributed by atoms with E-state index in [1.165, 1.54) is 0 Å². The average molecular weight is 263 g/mol. The van der Waals surface area contributed by atoms with E-state index in [2.05, 4.69) is 34.1 Å². The van der Waals surface area contributed by atoms with Gasteiger partial charge >= 0.3 is 0 Å². The van der Waals surface area contributed by atoms with Crippen LogP contribution in [-0.2, 0) is 0 Å². The van der Waals surface area contributed by atoms with Crippen LogP contribution in [-0.4, -0.2) is 36.1 Å². The van der Waals surface area contributed by atoms with Crippen LogP contribution in [0.25, 0.3) is 0 Å². The minimum atomic E-state index is 0.185. The van der Waals surface area contributed by atoms with E-state index in [1.54, 1.807) is 6.21 Å². The molecular weight excluding hydrogens is 246 g/mol. The maximum Gasteiger partial charge on any atom is 0.223 e. The fourth-order valence-corrected chi connectivity index (χ4v) is 2.09. The zero-order chi connectivity index (χ0) is 13.1. The summed E-state index contributed by atoms with van der Waals surface area (Å²) in [4.78, 5) is 12.8. The lowest BCUT2D eigenvalue weighted by molar-refractivity contribution is 0.551. The van der Waals surface area contributed by atoms with Crippen LogP contribution in [0, 0.1) is 5.92 Å². The van der Waals surface area contributed by atoms with Crippen LogP contribution < -0.4 is 11.1 Å². The molecule has 0 aromatic carbocycles. The lowest BCUT2D eigenvalue weighted by atomic mass is 10.1. The SMILES string of the molecule is CC(C)CCNCC1=C2C(=S)N=C(N)N=C2N=C1. The van der Waals surface area contributed by atoms with Crippen LogP contribution >= 0.6 is 12.2 Å². The Hall–Kier alpha value is -1.40. The highest BCUT2D eigenvalue weighted by molar-refractivity contribution is 7.81. The molecule has 0 saturated carbocycles. The molecule has 0 radical (unpaired) electrons. The average Bonchev–Trinajstić information content (AvgIpc) is 2.67. The van der Waals surface area contributed by atoms with E-state index in [0.29, 0.717) is 16.7 Å². The summed E-state index contributed by atoms with van der Waals surface area (Å²) in [7, 11) is 0. The highest BCUT2D eigenvalue weighted by atomic mass is 32.1. The van der Waals surface area contributed by atoms with E-state index in [-0.39, 0.29) is 5.96 Å². The van der Waals surface area contributed by atoms with Crippen molar-refractivity contribution in [1.82, 2.24) is 5.32 Å². The van der Waals surface area contributed by atoms with Crippen LogP contribution in [0.1, 0.15) is 20.3 Å². The summed E-state index contributed by atoms with van der Waals surface area (Å²) in [5.41, 5.74) is 7.43. The van der Waals surface area contributed by atoms with Crippen molar-refractivity contribution in [3.05, 3.63) is 11.1 Å². The molecule has 2 heterocycles. The molecule has 0 aromatic heterocycles. The standard InChI is InChI=1S/C12H17N5S/c1-7(2)3-4-14-5-8-6-15-10-9(8)11(18)17-12(13)16-10/h6-7,14H,3-5H2,1-2H3,(H2,13,17,18). The lowest BCUT2D eigenvalue weighted by Gasteiger charge is -2.11. The van der Waals surface area contributed by atoms with Gasteiger partial charge in [0.15, 0.2) is 5.84 Å². The molecule has 3 N–H and O–H groups in total. The first-order valence-corrected chi connectivity index (χ1v) is 6.44. The third kappa shape index (κ3) is 2.88. The molecule has 0 aliphatic carbocycles. The quantitative estimate of drug-likeness (QED) is 0.575. The van der Waals surface area contributed by atoms with Gasteiger partial charge in [0, 0.05) is 12.8 Å². The van der Waals surface area contributed by atoms with Gasteiger partial charge in [0.25, 0.3) is 0 Å². The van der Waals surface area contributed by atoms with Gasteiger partial charge in [-0.2, -0.15) is 4.99 Å². The van der Waals surface area contributed by atoms with E-state index in [4.69, 9.17) is 18.0 Å². The smallest absolute Gasteiger partial charge is 0.223 e. The fourth-order valence-electron chi connectivity index (χ4n) is 1.77. The summed E-state index contributed by atoms with van der Waals surface area (Å²) in [6.07, 6.45) is 2.94. The van der Waals surface area contributed by atoms with Gasteiger partial charge in [-0.05, 0) is 24.5 Å². The van der Waals surface area contributed by atoms with E-state index in [9.17, 15) is 0 Å². The molecule has 2 aliphatic heterocycles. The Kier molecular flexibility index (Phi) is 3.98. The van der Waals surface area contributed by atoms with E-state index in [1.807, 2.05) is 0 Å². The van der Waals surface area contributed by atoms with Crippen molar-refractivity contribution >= 4 is 35.2 Å². The number of nitrogens with zero attached hydrogens (tertiary/aromatic N) is 3. The van der Waals surface area contributed by atoms with Gasteiger partial charge in [0.05, 0.1) is 5.57 Å². The molecule has 0 saturated heterocycles. The molecule has 0 aromatic rings. The third-order valence-electron chi connectivity index (χ3n) is 2.75. The monoisotopic (exact) mass is 263 g/mol. The van der Waals surface area contributed by atoms with Crippen molar-refractivity contribution < 1.29 is 0 Å². The Morgan fingerprint density at radius 2 is 2.17 bits per heavy atom. The minimum absolute atomic E-state index is 0.185. The van der Waals surface area contributed by atoms with Crippen molar-refractivity contribution in [2.45, 2.75) is 20.3 Å². The molecule has 18 heavy (non-hydrogen) atoms. The minimum Gasteiger partial charge on any atom is -0.368 e. The number of hydrogen-bond donors (Lipinski definition) is 2. The molecular formula is C12H17N5S. The number of hydrogen-bond acceptors (Lipinski definition) is 5. The first-order chi connectivity index (χ1) is 8.58. The van der Waals surface area contributed by atoms with Crippen molar-refractivity contribution in [2.75, 3.05) is 13.1 Å². The van der Waals surface area contributed by atoms with Crippen LogP contribution in [0.4, 0.5) is 0 Å². The summed E-state index contributed by atoms with van der Waals surface area (Å²) in [6, 6.07) is 0. The first kappa shape index (κ1) is 13.0. The van der Waals surface area contributed by atoms with Crippen molar-refractivity contribution in [2.24, 2.45) is 26.6 Å². The maximum atomic E-state index is 5.54. The number of fused-ring (bicyclic) bond motifs is 1. The van der Waals surface area contributed by atoms with Crippen molar-refractivity contribution in [3.63, 3.8) is 0 Å². The van der Waals surface area contributed by atoms with Gasteiger partial charge in [-0.15, -0.1) is 0 Å². The summed E-state index contributed by atoms with van der Waals surface area (Å²) < 4.78 is 0. The highest BCUT2D eigenvalue weighted by Gasteiger charge is 2.24. The van der Waals surface area contributed by atoms with Gasteiger partial charge in [-0.1, -0.05) is 26.1 Å². The molecule has 6 heteroatoms. The Morgan fingerprint density at radius 3 is 2.89 bits per heavy atom. The van der Waals surface area contributed by atoms with Gasteiger partial charge in [-0.25, -0.2) is 9.98 Å². The largest absolute Gasteiger partial charge is 0.368 e. The van der Waals surface area contributed by atoms with E-state index in [0.717, 1.165) is 30.7 Å². The second kappa shape index (κ2) is 5.49. The molecule has 0 fully saturated rings. The molecule has 0 atom stereocenters. The van der Waals surface area contributed by atoms with Crippen LogP contribution in [0.2, 0.25) is 0 Å². The third-order valence-corrected chi connectivity index (χ3v) is 3.05. The zero-order valence-electron chi connectivity index (χ0n) is 10.6. The fraction of sp³-hybridized carbons (Fsp3) is 0.500. The molecule has 96 valence electrons. The van der Waals surface area contributed by atoms with Gasteiger partial charge in [0.1, 0.15) is 4.99 Å². The van der Waals surface area contributed by atoms with Crippen molar-refractivity contribution in [3.8, 4) is 0 Å². The molecule has 0 amide bonds. The number of amidine groups is 1. The number of nitrogens with two attached hydrogens (primary N) is 1. The molecule has 0 bridgehead atoms. The predicted molar refractivity (Wildman–Crippen MR) is 79.5 cm³/mol. The number of guanidine groups is 1. The zero-order valence-corrected chi connectivity index (χ0v) is 11.4. The second-order valence-corrected chi connectivity index (χ2v) is 5.11. The summed E-state index contributed by atoms with van der Waals surface area (Å²) in [5, 5.41) is 3.38. The molecule has 5 nitrogen and oxygen atoms in total. The van der Waals surface area contributed by atoms with E-state index < -0.39 is 0 Å². The molecule has 2 rings (SSSR count). The molecule has 2 aliphatic rings. The Morgan fingerprint density at radius 1 is 1.39 bits per heavy atom. The van der Waals surface area contributed by atoms with Crippen molar-refractivity contribution in [1.29, 1.82) is 0 Å². The van der Waals surface area contributed by atoms with Gasteiger partial charge < -0.3 is 11.1 Å². The summed E-state index contributed by atoms with van der Waals surface area (Å²) in [6.45, 7) is 6.13. The molecule has 0 spiro atoms. The van der Waals surface area contributed by atoms with Crippen LogP contribution in [0.5, 0.6) is 0 Å². The predicted octanol–water partition coefficient (Wildman–Crippen LogP) is 1.06. The number of aliphatic imine (C=N–C) groups is 3. The Balaban J connectivity index is 2.00. The topological polar surface area (TPSA) is 75.1 Å². The van der Waals surface area contributed by atoms with Crippen LogP contribution in [0.3, 0.4) is 0 Å². The number of thiocarbonyl (C=S) groups is 1. The Bertz CT molecular complexity index is 485. The number of rotatable bonds is 5. The first-order valence-electron chi connectivity index (χ1n) is 6.03. The number of nitrogens with one attached hydrogen (secondary N) is 1. The molecule has 0 unspecified atom stereocenters. The summed E-state index contributed by atoms with van der Waals surface area (Å²) >= 11 is 5.20. The van der Waals surface area contributed by atoms with Gasteiger partial charge in [0.2, 0.25) is 5.96 Å². The van der Waals surface area contributed by atoms with E-state index >= 15 is 0 Å². The second-order valence-electron chi connectivity index (χ2n) is 4.73.